The average Bonchev–Trinajstić information content (AvgIpc) is 3.07. The van der Waals surface area contributed by atoms with Crippen LogP contribution in [0.4, 0.5) is 11.4 Å². The molecule has 5 aromatic rings. The van der Waals surface area contributed by atoms with Gasteiger partial charge in [0, 0.05) is 33.6 Å². The van der Waals surface area contributed by atoms with Crippen molar-refractivity contribution in [1.29, 1.82) is 0 Å². The number of hydrogen-bond acceptors (Lipinski definition) is 4. The minimum Gasteiger partial charge on any atom is -0.383 e. The monoisotopic (exact) mass is 580 g/mol. The van der Waals surface area contributed by atoms with Gasteiger partial charge in [-0.05, 0) is 83.9 Å². The summed E-state index contributed by atoms with van der Waals surface area (Å²) < 4.78 is 0. The Kier molecular flexibility index (Phi) is 9.54. The molecular formula is C36H32N6O2. The second-order valence-corrected chi connectivity index (χ2v) is 10.0. The lowest BCUT2D eigenvalue weighted by atomic mass is 10.1. The summed E-state index contributed by atoms with van der Waals surface area (Å²) in [6, 6.07) is 40.5. The maximum Gasteiger partial charge on any atom is 0.255 e. The van der Waals surface area contributed by atoms with Gasteiger partial charge in [-0.15, -0.1) is 0 Å². The molecule has 0 heterocycles. The first kappa shape index (κ1) is 29.5. The molecule has 6 N–H and O–H groups in total. The Morgan fingerprint density at radius 2 is 0.773 bits per heavy atom. The average molecular weight is 581 g/mol. The molecule has 8 heteroatoms. The highest BCUT2D eigenvalue weighted by Crippen LogP contribution is 2.15. The van der Waals surface area contributed by atoms with Crippen LogP contribution in [0.1, 0.15) is 43.0 Å². The fourth-order valence-corrected chi connectivity index (χ4v) is 4.33. The van der Waals surface area contributed by atoms with Gasteiger partial charge in [0.25, 0.3) is 11.8 Å². The molecule has 0 aliphatic heterocycles. The molecule has 0 spiro atoms. The number of nitrogens with zero attached hydrogens (tertiary/aromatic N) is 2. The number of benzene rings is 5. The summed E-state index contributed by atoms with van der Waals surface area (Å²) in [5.41, 5.74) is 18.0. The van der Waals surface area contributed by atoms with Crippen LogP contribution >= 0.6 is 0 Å². The third-order valence-corrected chi connectivity index (χ3v) is 6.84. The van der Waals surface area contributed by atoms with Gasteiger partial charge in [-0.3, -0.25) is 19.6 Å². The lowest BCUT2D eigenvalue weighted by molar-refractivity contribution is 0.101. The lowest BCUT2D eigenvalue weighted by Crippen LogP contribution is -2.16. The third-order valence-electron chi connectivity index (χ3n) is 6.84. The Morgan fingerprint density at radius 1 is 0.455 bits per heavy atom. The summed E-state index contributed by atoms with van der Waals surface area (Å²) in [7, 11) is 0. The van der Waals surface area contributed by atoms with Gasteiger partial charge >= 0.3 is 0 Å². The zero-order valence-electron chi connectivity index (χ0n) is 24.0. The van der Waals surface area contributed by atoms with E-state index in [2.05, 4.69) is 20.6 Å². The van der Waals surface area contributed by atoms with E-state index in [1.807, 2.05) is 84.9 Å². The molecule has 0 aliphatic rings. The van der Waals surface area contributed by atoms with Crippen LogP contribution in [0, 0.1) is 0 Å². The molecular weight excluding hydrogens is 548 g/mol. The van der Waals surface area contributed by atoms with Crippen molar-refractivity contribution in [2.24, 2.45) is 21.5 Å². The van der Waals surface area contributed by atoms with Crippen molar-refractivity contribution in [3.63, 3.8) is 0 Å². The zero-order chi connectivity index (χ0) is 30.7. The molecule has 0 radical (unpaired) electrons. The lowest BCUT2D eigenvalue weighted by Gasteiger charge is -2.09. The van der Waals surface area contributed by atoms with Crippen molar-refractivity contribution in [3.05, 3.63) is 167 Å². The minimum atomic E-state index is -0.294. The number of rotatable bonds is 10. The standard InChI is InChI=1S/C36H32N6O2/c37-33(39-23-25-7-3-1-4-8-25)27-15-19-31(20-16-27)41-35(43)29-11-13-30(14-12-29)36(44)42-32-21-17-28(18-22-32)34(38)40-24-26-9-5-2-6-10-26/h1-22H,23-24H2,(H2,37,39)(H2,38,40)(H,41,43)(H,42,44). The van der Waals surface area contributed by atoms with Crippen LogP contribution in [0.15, 0.2) is 143 Å². The molecule has 0 atom stereocenters. The number of carbonyl (C=O) groups is 2. The van der Waals surface area contributed by atoms with Gasteiger partial charge in [0.2, 0.25) is 0 Å². The number of anilines is 2. The van der Waals surface area contributed by atoms with E-state index in [4.69, 9.17) is 11.5 Å². The molecule has 5 rings (SSSR count). The van der Waals surface area contributed by atoms with E-state index >= 15 is 0 Å². The Hall–Kier alpha value is -6.02. The number of aliphatic imine (C=N–C) groups is 2. The summed E-state index contributed by atoms with van der Waals surface area (Å²) in [5, 5.41) is 5.73. The van der Waals surface area contributed by atoms with E-state index < -0.39 is 0 Å². The summed E-state index contributed by atoms with van der Waals surface area (Å²) in [6.07, 6.45) is 0. The van der Waals surface area contributed by atoms with E-state index in [0.29, 0.717) is 47.3 Å². The maximum absolute atomic E-state index is 12.8. The van der Waals surface area contributed by atoms with E-state index in [-0.39, 0.29) is 11.8 Å². The van der Waals surface area contributed by atoms with Gasteiger partial charge in [0.1, 0.15) is 11.7 Å². The first-order valence-corrected chi connectivity index (χ1v) is 14.1. The van der Waals surface area contributed by atoms with E-state index in [0.717, 1.165) is 22.3 Å². The first-order chi connectivity index (χ1) is 21.4. The van der Waals surface area contributed by atoms with Gasteiger partial charge in [-0.2, -0.15) is 0 Å². The van der Waals surface area contributed by atoms with Crippen LogP contribution in [-0.4, -0.2) is 23.5 Å². The van der Waals surface area contributed by atoms with Crippen LogP contribution in [-0.2, 0) is 13.1 Å². The Bertz CT molecular complexity index is 1630. The summed E-state index contributed by atoms with van der Waals surface area (Å²) in [5.74, 6) is 0.261. The van der Waals surface area contributed by atoms with Crippen molar-refractivity contribution in [2.45, 2.75) is 13.1 Å². The molecule has 8 nitrogen and oxygen atoms in total. The topological polar surface area (TPSA) is 135 Å². The van der Waals surface area contributed by atoms with Crippen LogP contribution in [0.25, 0.3) is 0 Å². The second-order valence-electron chi connectivity index (χ2n) is 10.0. The highest BCUT2D eigenvalue weighted by Gasteiger charge is 2.11. The van der Waals surface area contributed by atoms with Gasteiger partial charge in [0.15, 0.2) is 0 Å². The maximum atomic E-state index is 12.8. The smallest absolute Gasteiger partial charge is 0.255 e. The highest BCUT2D eigenvalue weighted by molar-refractivity contribution is 6.07. The van der Waals surface area contributed by atoms with Gasteiger partial charge in [-0.25, -0.2) is 0 Å². The van der Waals surface area contributed by atoms with Crippen molar-refractivity contribution in [3.8, 4) is 0 Å². The second kappa shape index (κ2) is 14.2. The molecule has 5 aromatic carbocycles. The van der Waals surface area contributed by atoms with Gasteiger partial charge in [0.05, 0.1) is 13.1 Å². The van der Waals surface area contributed by atoms with Crippen molar-refractivity contribution < 1.29 is 9.59 Å². The molecule has 218 valence electrons. The normalized spacial score (nSPS) is 11.5. The molecule has 0 aliphatic carbocycles. The summed E-state index contributed by atoms with van der Waals surface area (Å²) in [4.78, 5) is 34.5. The Morgan fingerprint density at radius 3 is 1.11 bits per heavy atom. The number of amides is 2. The van der Waals surface area contributed by atoms with E-state index in [9.17, 15) is 9.59 Å². The van der Waals surface area contributed by atoms with Crippen molar-refractivity contribution in [2.75, 3.05) is 10.6 Å². The van der Waals surface area contributed by atoms with Crippen LogP contribution in [0.3, 0.4) is 0 Å². The van der Waals surface area contributed by atoms with Crippen LogP contribution in [0.5, 0.6) is 0 Å². The number of nitrogens with one attached hydrogen (secondary N) is 2. The molecule has 0 saturated heterocycles. The predicted octanol–water partition coefficient (Wildman–Crippen LogP) is 6.00. The molecule has 0 aromatic heterocycles. The molecule has 0 fully saturated rings. The number of hydrogen-bond donors (Lipinski definition) is 4. The zero-order valence-corrected chi connectivity index (χ0v) is 24.0. The molecule has 0 saturated carbocycles. The largest absolute Gasteiger partial charge is 0.383 e. The van der Waals surface area contributed by atoms with Crippen LogP contribution in [0.2, 0.25) is 0 Å². The third kappa shape index (κ3) is 8.04. The summed E-state index contributed by atoms with van der Waals surface area (Å²) >= 11 is 0. The molecule has 44 heavy (non-hydrogen) atoms. The van der Waals surface area contributed by atoms with Crippen LogP contribution < -0.4 is 22.1 Å². The predicted molar refractivity (Wildman–Crippen MR) is 177 cm³/mol. The van der Waals surface area contributed by atoms with Crippen molar-refractivity contribution >= 4 is 34.9 Å². The fourth-order valence-electron chi connectivity index (χ4n) is 4.33. The van der Waals surface area contributed by atoms with E-state index in [1.54, 1.807) is 48.5 Å². The highest BCUT2D eigenvalue weighted by atomic mass is 16.2. The van der Waals surface area contributed by atoms with Crippen molar-refractivity contribution in [1.82, 2.24) is 0 Å². The fraction of sp³-hybridized carbons (Fsp3) is 0.0556. The quantitative estimate of drug-likeness (QED) is 0.119. The Balaban J connectivity index is 1.13. The van der Waals surface area contributed by atoms with E-state index in [1.165, 1.54) is 0 Å². The van der Waals surface area contributed by atoms with Gasteiger partial charge < -0.3 is 22.1 Å². The summed E-state index contributed by atoms with van der Waals surface area (Å²) in [6.45, 7) is 0.983. The number of amidine groups is 2. The van der Waals surface area contributed by atoms with Gasteiger partial charge in [-0.1, -0.05) is 60.7 Å². The number of nitrogens with two attached hydrogens (primary N) is 2. The molecule has 2 amide bonds. The first-order valence-electron chi connectivity index (χ1n) is 14.1. The SMILES string of the molecule is NC(=NCc1ccccc1)c1ccc(NC(=O)c2ccc(C(=O)Nc3ccc(C(N)=NCc4ccccc4)cc3)cc2)cc1. The minimum absolute atomic E-state index is 0.294. The molecule has 0 bridgehead atoms. The number of carbonyl (C=O) groups excluding carboxylic acids is 2. The molecule has 0 unspecified atom stereocenters. The Labute approximate surface area is 256 Å².